The topological polar surface area (TPSA) is 105 Å². The predicted octanol–water partition coefficient (Wildman–Crippen LogP) is 4.49. The second-order valence-corrected chi connectivity index (χ2v) is 9.53. The SMILES string of the molecule is COc1ccc2cc([C@H](C)C(=O)N[C@H](Cc3ccccc3)C(=O)N[C@H](Cc3ccccc3)C(=O)O)ccc2c1. The molecule has 0 unspecified atom stereocenters. The number of amides is 2. The van der Waals surface area contributed by atoms with Gasteiger partial charge in [-0.2, -0.15) is 0 Å². The molecule has 0 aliphatic carbocycles. The number of nitrogens with one attached hydrogen (secondary N) is 2. The first-order valence-electron chi connectivity index (χ1n) is 12.8. The molecular weight excluding hydrogens is 492 g/mol. The predicted molar refractivity (Wildman–Crippen MR) is 151 cm³/mol. The average Bonchev–Trinajstić information content (AvgIpc) is 2.96. The molecule has 0 saturated carbocycles. The summed E-state index contributed by atoms with van der Waals surface area (Å²) in [5.74, 6) is -1.80. The number of carboxylic acids is 1. The maximum atomic E-state index is 13.4. The summed E-state index contributed by atoms with van der Waals surface area (Å²) in [5.41, 5.74) is 2.44. The van der Waals surface area contributed by atoms with Gasteiger partial charge in [0.2, 0.25) is 11.8 Å². The Labute approximate surface area is 227 Å². The number of carbonyl (C=O) groups excluding carboxylic acids is 2. The third kappa shape index (κ3) is 7.23. The first-order chi connectivity index (χ1) is 18.8. The molecule has 0 aliphatic rings. The quantitative estimate of drug-likeness (QED) is 0.268. The number of benzene rings is 4. The third-order valence-corrected chi connectivity index (χ3v) is 6.78. The van der Waals surface area contributed by atoms with Gasteiger partial charge >= 0.3 is 5.97 Å². The van der Waals surface area contributed by atoms with Gasteiger partial charge in [-0.05, 0) is 46.5 Å². The zero-order chi connectivity index (χ0) is 27.8. The summed E-state index contributed by atoms with van der Waals surface area (Å²) in [5, 5.41) is 17.3. The van der Waals surface area contributed by atoms with Gasteiger partial charge in [-0.1, -0.05) is 84.9 Å². The Bertz CT molecular complexity index is 1440. The van der Waals surface area contributed by atoms with E-state index in [9.17, 15) is 19.5 Å². The fourth-order valence-corrected chi connectivity index (χ4v) is 4.47. The molecular formula is C32H32N2O5. The van der Waals surface area contributed by atoms with E-state index in [0.717, 1.165) is 33.2 Å². The lowest BCUT2D eigenvalue weighted by Crippen LogP contribution is -2.53. The van der Waals surface area contributed by atoms with Crippen molar-refractivity contribution < 1.29 is 24.2 Å². The van der Waals surface area contributed by atoms with Crippen molar-refractivity contribution >= 4 is 28.6 Å². The van der Waals surface area contributed by atoms with Crippen molar-refractivity contribution in [3.63, 3.8) is 0 Å². The standard InChI is InChI=1S/C32H32N2O5/c1-21(24-13-14-26-20-27(39-2)16-15-25(26)19-24)30(35)33-28(17-22-9-5-3-6-10-22)31(36)34-29(32(37)38)18-23-11-7-4-8-12-23/h3-16,19-21,28-29H,17-18H2,1-2H3,(H,33,35)(H,34,36)(H,37,38)/t21-,28+,29+/m0/s1. The largest absolute Gasteiger partial charge is 0.497 e. The zero-order valence-corrected chi connectivity index (χ0v) is 22.0. The van der Waals surface area contributed by atoms with Crippen LogP contribution in [-0.2, 0) is 27.2 Å². The average molecular weight is 525 g/mol. The van der Waals surface area contributed by atoms with Crippen molar-refractivity contribution in [2.24, 2.45) is 0 Å². The monoisotopic (exact) mass is 524 g/mol. The lowest BCUT2D eigenvalue weighted by Gasteiger charge is -2.23. The maximum absolute atomic E-state index is 13.4. The summed E-state index contributed by atoms with van der Waals surface area (Å²) in [4.78, 5) is 38.7. The Balaban J connectivity index is 1.52. The van der Waals surface area contributed by atoms with E-state index in [1.807, 2.05) is 97.1 Å². The molecule has 7 heteroatoms. The molecule has 0 radical (unpaired) electrons. The van der Waals surface area contributed by atoms with Crippen LogP contribution in [0.1, 0.15) is 29.5 Å². The van der Waals surface area contributed by atoms with Crippen molar-refractivity contribution in [3.8, 4) is 5.75 Å². The number of hydrogen-bond acceptors (Lipinski definition) is 4. The van der Waals surface area contributed by atoms with Crippen LogP contribution in [0.3, 0.4) is 0 Å². The molecule has 0 aliphatic heterocycles. The number of ether oxygens (including phenoxy) is 1. The Hall–Kier alpha value is -4.65. The Kier molecular flexibility index (Phi) is 8.94. The molecule has 4 aromatic carbocycles. The van der Waals surface area contributed by atoms with E-state index in [-0.39, 0.29) is 18.7 Å². The van der Waals surface area contributed by atoms with Gasteiger partial charge in [-0.3, -0.25) is 9.59 Å². The summed E-state index contributed by atoms with van der Waals surface area (Å²) >= 11 is 0. The van der Waals surface area contributed by atoms with Gasteiger partial charge in [0.25, 0.3) is 0 Å². The van der Waals surface area contributed by atoms with E-state index in [0.29, 0.717) is 0 Å². The third-order valence-electron chi connectivity index (χ3n) is 6.78. The van der Waals surface area contributed by atoms with E-state index in [1.165, 1.54) is 0 Å². The van der Waals surface area contributed by atoms with Gasteiger partial charge in [-0.25, -0.2) is 4.79 Å². The Morgan fingerprint density at radius 2 is 1.26 bits per heavy atom. The molecule has 200 valence electrons. The summed E-state index contributed by atoms with van der Waals surface area (Å²) in [6.45, 7) is 1.78. The van der Waals surface area contributed by atoms with E-state index >= 15 is 0 Å². The van der Waals surface area contributed by atoms with Crippen LogP contribution in [0.25, 0.3) is 10.8 Å². The van der Waals surface area contributed by atoms with Crippen LogP contribution in [0.2, 0.25) is 0 Å². The highest BCUT2D eigenvalue weighted by Crippen LogP contribution is 2.25. The van der Waals surface area contributed by atoms with Gasteiger partial charge in [0.05, 0.1) is 13.0 Å². The number of hydrogen-bond donors (Lipinski definition) is 3. The molecule has 0 fully saturated rings. The molecule has 2 amide bonds. The van der Waals surface area contributed by atoms with Gasteiger partial charge in [0.15, 0.2) is 0 Å². The van der Waals surface area contributed by atoms with E-state index in [1.54, 1.807) is 14.0 Å². The fraction of sp³-hybridized carbons (Fsp3) is 0.219. The molecule has 4 rings (SSSR count). The normalized spacial score (nSPS) is 13.2. The van der Waals surface area contributed by atoms with Crippen LogP contribution >= 0.6 is 0 Å². The van der Waals surface area contributed by atoms with Crippen molar-refractivity contribution in [1.29, 1.82) is 0 Å². The van der Waals surface area contributed by atoms with Gasteiger partial charge in [-0.15, -0.1) is 0 Å². The van der Waals surface area contributed by atoms with Gasteiger partial charge in [0, 0.05) is 12.8 Å². The van der Waals surface area contributed by atoms with Crippen LogP contribution in [0.4, 0.5) is 0 Å². The number of carbonyl (C=O) groups is 3. The smallest absolute Gasteiger partial charge is 0.326 e. The number of carboxylic acid groups (broad SMARTS) is 1. The Morgan fingerprint density at radius 3 is 1.85 bits per heavy atom. The van der Waals surface area contributed by atoms with Crippen LogP contribution in [-0.4, -0.2) is 42.1 Å². The number of rotatable bonds is 11. The minimum atomic E-state index is -1.14. The lowest BCUT2D eigenvalue weighted by molar-refractivity contribution is -0.142. The molecule has 0 saturated heterocycles. The van der Waals surface area contributed by atoms with Crippen LogP contribution in [0.15, 0.2) is 97.1 Å². The molecule has 3 atom stereocenters. The van der Waals surface area contributed by atoms with Crippen LogP contribution in [0.5, 0.6) is 5.75 Å². The fourth-order valence-electron chi connectivity index (χ4n) is 4.47. The zero-order valence-electron chi connectivity index (χ0n) is 22.0. The highest BCUT2D eigenvalue weighted by atomic mass is 16.5. The summed E-state index contributed by atoms with van der Waals surface area (Å²) in [7, 11) is 1.62. The van der Waals surface area contributed by atoms with E-state index in [4.69, 9.17) is 4.74 Å². The maximum Gasteiger partial charge on any atom is 0.326 e. The minimum absolute atomic E-state index is 0.131. The number of methoxy groups -OCH3 is 1. The van der Waals surface area contributed by atoms with Crippen molar-refractivity contribution in [2.45, 2.75) is 37.8 Å². The molecule has 0 bridgehead atoms. The second kappa shape index (κ2) is 12.7. The molecule has 0 aromatic heterocycles. The summed E-state index contributed by atoms with van der Waals surface area (Å²) < 4.78 is 5.29. The van der Waals surface area contributed by atoms with Crippen molar-refractivity contribution in [2.75, 3.05) is 7.11 Å². The highest BCUT2D eigenvalue weighted by Gasteiger charge is 2.28. The number of aliphatic carboxylic acids is 1. The minimum Gasteiger partial charge on any atom is -0.497 e. The number of fused-ring (bicyclic) bond motifs is 1. The molecule has 3 N–H and O–H groups in total. The van der Waals surface area contributed by atoms with Crippen LogP contribution < -0.4 is 15.4 Å². The first-order valence-corrected chi connectivity index (χ1v) is 12.8. The summed E-state index contributed by atoms with van der Waals surface area (Å²) in [6.07, 6.45) is 0.354. The lowest BCUT2D eigenvalue weighted by atomic mass is 9.96. The van der Waals surface area contributed by atoms with Crippen molar-refractivity contribution in [1.82, 2.24) is 10.6 Å². The molecule has 4 aromatic rings. The molecule has 0 spiro atoms. The molecule has 7 nitrogen and oxygen atoms in total. The first kappa shape index (κ1) is 27.4. The van der Waals surface area contributed by atoms with Gasteiger partial charge in [0.1, 0.15) is 17.8 Å². The van der Waals surface area contributed by atoms with Gasteiger partial charge < -0.3 is 20.5 Å². The van der Waals surface area contributed by atoms with Crippen molar-refractivity contribution in [3.05, 3.63) is 114 Å². The van der Waals surface area contributed by atoms with E-state index in [2.05, 4.69) is 10.6 Å². The summed E-state index contributed by atoms with van der Waals surface area (Å²) in [6, 6.07) is 27.8. The van der Waals surface area contributed by atoms with Crippen LogP contribution in [0, 0.1) is 0 Å². The molecule has 39 heavy (non-hydrogen) atoms. The molecule has 0 heterocycles. The Morgan fingerprint density at radius 1 is 0.718 bits per heavy atom. The van der Waals surface area contributed by atoms with E-state index < -0.39 is 29.9 Å². The highest BCUT2D eigenvalue weighted by molar-refractivity contribution is 5.93. The second-order valence-electron chi connectivity index (χ2n) is 9.53.